The van der Waals surface area contributed by atoms with Crippen LogP contribution >= 0.6 is 0 Å². The molecule has 104 valence electrons. The van der Waals surface area contributed by atoms with Gasteiger partial charge in [-0.05, 0) is 12.0 Å². The molecule has 1 N–H and O–H groups in total. The van der Waals surface area contributed by atoms with Crippen LogP contribution in [0.4, 0.5) is 20.2 Å². The molecule has 2 aromatic carbocycles. The average molecular weight is 278 g/mol. The first-order valence-corrected chi connectivity index (χ1v) is 5.99. The van der Waals surface area contributed by atoms with E-state index in [0.717, 1.165) is 11.6 Å². The first-order chi connectivity index (χ1) is 9.58. The largest absolute Gasteiger partial charge is 0.379 e. The van der Waals surface area contributed by atoms with Crippen LogP contribution in [0.3, 0.4) is 0 Å². The van der Waals surface area contributed by atoms with Gasteiger partial charge in [0.15, 0.2) is 0 Å². The van der Waals surface area contributed by atoms with E-state index >= 15 is 0 Å². The molecule has 0 fully saturated rings. The van der Waals surface area contributed by atoms with E-state index in [9.17, 15) is 18.9 Å². The van der Waals surface area contributed by atoms with E-state index in [1.807, 2.05) is 30.3 Å². The summed E-state index contributed by atoms with van der Waals surface area (Å²) >= 11 is 0. The molecule has 0 spiro atoms. The molecule has 0 unspecified atom stereocenters. The lowest BCUT2D eigenvalue weighted by atomic mass is 10.1. The van der Waals surface area contributed by atoms with E-state index in [2.05, 4.69) is 5.32 Å². The molecule has 0 saturated heterocycles. The highest BCUT2D eigenvalue weighted by Crippen LogP contribution is 2.28. The van der Waals surface area contributed by atoms with E-state index in [0.29, 0.717) is 19.0 Å². The molecule has 0 heterocycles. The second-order valence-electron chi connectivity index (χ2n) is 4.20. The second-order valence-corrected chi connectivity index (χ2v) is 4.20. The van der Waals surface area contributed by atoms with Crippen LogP contribution in [0, 0.1) is 21.7 Å². The first kappa shape index (κ1) is 13.9. The molecule has 0 aliphatic heterocycles. The van der Waals surface area contributed by atoms with E-state index < -0.39 is 22.2 Å². The maximum absolute atomic E-state index is 13.4. The SMILES string of the molecule is O=[N+]([O-])c1c(F)cc(F)cc1NCCc1ccccc1. The highest BCUT2D eigenvalue weighted by atomic mass is 19.1. The van der Waals surface area contributed by atoms with Crippen molar-refractivity contribution in [2.75, 3.05) is 11.9 Å². The highest BCUT2D eigenvalue weighted by Gasteiger charge is 2.21. The third-order valence-corrected chi connectivity index (χ3v) is 2.78. The minimum absolute atomic E-state index is 0.150. The molecular weight excluding hydrogens is 266 g/mol. The Balaban J connectivity index is 2.11. The summed E-state index contributed by atoms with van der Waals surface area (Å²) in [4.78, 5) is 9.93. The standard InChI is InChI=1S/C14H12F2N2O2/c15-11-8-12(16)14(18(19)20)13(9-11)17-7-6-10-4-2-1-3-5-10/h1-5,8-9,17H,6-7H2. The molecular formula is C14H12F2N2O2. The van der Waals surface area contributed by atoms with Crippen LogP contribution in [0.25, 0.3) is 0 Å². The van der Waals surface area contributed by atoms with Gasteiger partial charge in [0.25, 0.3) is 0 Å². The van der Waals surface area contributed by atoms with Crippen molar-refractivity contribution < 1.29 is 13.7 Å². The summed E-state index contributed by atoms with van der Waals surface area (Å²) in [7, 11) is 0. The summed E-state index contributed by atoms with van der Waals surface area (Å²) in [6.07, 6.45) is 0.593. The number of nitro benzene ring substituents is 1. The lowest BCUT2D eigenvalue weighted by molar-refractivity contribution is -0.386. The maximum Gasteiger partial charge on any atom is 0.327 e. The summed E-state index contributed by atoms with van der Waals surface area (Å²) in [6.45, 7) is 0.341. The monoisotopic (exact) mass is 278 g/mol. The normalized spacial score (nSPS) is 10.3. The molecule has 0 radical (unpaired) electrons. The second kappa shape index (κ2) is 6.10. The van der Waals surface area contributed by atoms with Gasteiger partial charge in [0.05, 0.1) is 4.92 Å². The summed E-state index contributed by atoms with van der Waals surface area (Å²) in [5.74, 6) is -2.03. The van der Waals surface area contributed by atoms with Crippen molar-refractivity contribution in [1.29, 1.82) is 0 Å². The van der Waals surface area contributed by atoms with Crippen molar-refractivity contribution in [1.82, 2.24) is 0 Å². The average Bonchev–Trinajstić information content (AvgIpc) is 2.38. The maximum atomic E-state index is 13.4. The Morgan fingerprint density at radius 2 is 1.85 bits per heavy atom. The summed E-state index contributed by atoms with van der Waals surface area (Å²) in [6, 6.07) is 10.9. The molecule has 2 rings (SSSR count). The van der Waals surface area contributed by atoms with Gasteiger partial charge in [0.2, 0.25) is 5.82 Å². The van der Waals surface area contributed by atoms with Gasteiger partial charge in [-0.3, -0.25) is 10.1 Å². The van der Waals surface area contributed by atoms with Crippen LogP contribution in [0.15, 0.2) is 42.5 Å². The lowest BCUT2D eigenvalue weighted by Gasteiger charge is -2.08. The Morgan fingerprint density at radius 3 is 2.50 bits per heavy atom. The Labute approximate surface area is 114 Å². The van der Waals surface area contributed by atoms with Crippen molar-refractivity contribution in [3.63, 3.8) is 0 Å². The fraction of sp³-hybridized carbons (Fsp3) is 0.143. The molecule has 4 nitrogen and oxygen atoms in total. The number of halogens is 2. The Morgan fingerprint density at radius 1 is 1.15 bits per heavy atom. The molecule has 0 saturated carbocycles. The zero-order valence-corrected chi connectivity index (χ0v) is 10.5. The fourth-order valence-electron chi connectivity index (χ4n) is 1.87. The molecule has 0 aliphatic rings. The van der Waals surface area contributed by atoms with Crippen LogP contribution in [0.5, 0.6) is 0 Å². The van der Waals surface area contributed by atoms with Crippen LogP contribution in [0.2, 0.25) is 0 Å². The predicted octanol–water partition coefficient (Wildman–Crippen LogP) is 3.53. The Hall–Kier alpha value is -2.50. The first-order valence-electron chi connectivity index (χ1n) is 5.99. The number of nitrogens with zero attached hydrogens (tertiary/aromatic N) is 1. The number of rotatable bonds is 5. The molecule has 0 atom stereocenters. The Bertz CT molecular complexity index is 618. The topological polar surface area (TPSA) is 55.2 Å². The van der Waals surface area contributed by atoms with E-state index in [4.69, 9.17) is 0 Å². The molecule has 20 heavy (non-hydrogen) atoms. The van der Waals surface area contributed by atoms with Crippen molar-refractivity contribution >= 4 is 11.4 Å². The van der Waals surface area contributed by atoms with Gasteiger partial charge in [-0.1, -0.05) is 30.3 Å². The zero-order valence-electron chi connectivity index (χ0n) is 10.5. The molecule has 0 aromatic heterocycles. The van der Waals surface area contributed by atoms with Crippen molar-refractivity contribution in [3.8, 4) is 0 Å². The van der Waals surface area contributed by atoms with Gasteiger partial charge in [-0.2, -0.15) is 4.39 Å². The number of anilines is 1. The molecule has 0 aliphatic carbocycles. The van der Waals surface area contributed by atoms with Crippen LogP contribution in [-0.2, 0) is 6.42 Å². The van der Waals surface area contributed by atoms with Gasteiger partial charge >= 0.3 is 5.69 Å². The Kier molecular flexibility index (Phi) is 4.24. The van der Waals surface area contributed by atoms with Crippen LogP contribution in [-0.4, -0.2) is 11.5 Å². The third kappa shape index (κ3) is 3.28. The van der Waals surface area contributed by atoms with Crippen LogP contribution < -0.4 is 5.32 Å². The van der Waals surface area contributed by atoms with Gasteiger partial charge in [0.1, 0.15) is 11.5 Å². The smallest absolute Gasteiger partial charge is 0.327 e. The molecule has 2 aromatic rings. The van der Waals surface area contributed by atoms with Crippen molar-refractivity contribution in [3.05, 3.63) is 69.8 Å². The number of hydrogen-bond donors (Lipinski definition) is 1. The quantitative estimate of drug-likeness (QED) is 0.672. The summed E-state index contributed by atoms with van der Waals surface area (Å²) in [5, 5.41) is 13.5. The number of benzene rings is 2. The van der Waals surface area contributed by atoms with E-state index in [-0.39, 0.29) is 5.69 Å². The number of hydrogen-bond acceptors (Lipinski definition) is 3. The summed E-state index contributed by atoms with van der Waals surface area (Å²) in [5.41, 5.74) is 0.141. The fourth-order valence-corrected chi connectivity index (χ4v) is 1.87. The van der Waals surface area contributed by atoms with Crippen molar-refractivity contribution in [2.24, 2.45) is 0 Å². The molecule has 0 amide bonds. The molecule has 6 heteroatoms. The number of nitro groups is 1. The minimum Gasteiger partial charge on any atom is -0.379 e. The van der Waals surface area contributed by atoms with Gasteiger partial charge in [0, 0.05) is 18.7 Å². The minimum atomic E-state index is -1.18. The lowest BCUT2D eigenvalue weighted by Crippen LogP contribution is -2.08. The number of nitrogens with one attached hydrogen (secondary N) is 1. The van der Waals surface area contributed by atoms with Gasteiger partial charge in [-0.15, -0.1) is 0 Å². The van der Waals surface area contributed by atoms with Crippen LogP contribution in [0.1, 0.15) is 5.56 Å². The molecule has 0 bridgehead atoms. The van der Waals surface area contributed by atoms with E-state index in [1.54, 1.807) is 0 Å². The highest BCUT2D eigenvalue weighted by molar-refractivity contribution is 5.62. The predicted molar refractivity (Wildman–Crippen MR) is 71.6 cm³/mol. The summed E-state index contributed by atoms with van der Waals surface area (Å²) < 4.78 is 26.5. The van der Waals surface area contributed by atoms with Gasteiger partial charge in [-0.25, -0.2) is 4.39 Å². The third-order valence-electron chi connectivity index (χ3n) is 2.78. The van der Waals surface area contributed by atoms with Gasteiger partial charge < -0.3 is 5.32 Å². The zero-order chi connectivity index (χ0) is 14.5. The van der Waals surface area contributed by atoms with Crippen molar-refractivity contribution in [2.45, 2.75) is 6.42 Å². The van der Waals surface area contributed by atoms with E-state index in [1.165, 1.54) is 0 Å².